The van der Waals surface area contributed by atoms with Gasteiger partial charge in [0.2, 0.25) is 10.0 Å². The van der Waals surface area contributed by atoms with Crippen LogP contribution in [0.5, 0.6) is 0 Å². The second kappa shape index (κ2) is 8.94. The molecule has 0 spiro atoms. The number of benzene rings is 2. The highest BCUT2D eigenvalue weighted by Crippen LogP contribution is 2.38. The van der Waals surface area contributed by atoms with Crippen LogP contribution in [0.15, 0.2) is 59.5 Å². The predicted molar refractivity (Wildman–Crippen MR) is 126 cm³/mol. The first-order valence-corrected chi connectivity index (χ1v) is 12.3. The van der Waals surface area contributed by atoms with Gasteiger partial charge in [-0.25, -0.2) is 17.5 Å². The molecule has 0 atom stereocenters. The van der Waals surface area contributed by atoms with Crippen molar-refractivity contribution in [1.82, 2.24) is 14.3 Å². The Kier molecular flexibility index (Phi) is 6.25. The van der Waals surface area contributed by atoms with Crippen LogP contribution in [0.25, 0.3) is 22.0 Å². The van der Waals surface area contributed by atoms with Crippen LogP contribution in [0.1, 0.15) is 27.2 Å². The molecule has 0 aliphatic carbocycles. The van der Waals surface area contributed by atoms with E-state index in [2.05, 4.69) is 4.98 Å². The van der Waals surface area contributed by atoms with E-state index < -0.39 is 44.7 Å². The zero-order valence-corrected chi connectivity index (χ0v) is 19.7. The normalized spacial score (nSPS) is 12.2. The molecule has 0 unspecified atom stereocenters. The molecule has 12 heteroatoms. The number of rotatable bonds is 5. The van der Waals surface area contributed by atoms with E-state index in [1.165, 1.54) is 42.0 Å². The molecular formula is C24H19F4N3O4S. The molecule has 2 aromatic heterocycles. The highest BCUT2D eigenvalue weighted by Gasteiger charge is 2.33. The number of amides is 1. The predicted octanol–water partition coefficient (Wildman–Crippen LogP) is 4.20. The molecule has 0 aliphatic rings. The minimum atomic E-state index is -4.74. The maximum Gasteiger partial charge on any atom is 0.416 e. The summed E-state index contributed by atoms with van der Waals surface area (Å²) in [5, 5.41) is -0.131. The number of fused-ring (bicyclic) bond motifs is 1. The van der Waals surface area contributed by atoms with Crippen LogP contribution >= 0.6 is 0 Å². The number of H-pyrrole nitrogens is 1. The molecule has 4 rings (SSSR count). The van der Waals surface area contributed by atoms with Gasteiger partial charge in [0, 0.05) is 33.8 Å². The minimum Gasteiger partial charge on any atom is -0.331 e. The summed E-state index contributed by atoms with van der Waals surface area (Å²) in [6.07, 6.45) is -2.71. The van der Waals surface area contributed by atoms with Crippen molar-refractivity contribution in [3.05, 3.63) is 93.3 Å². The monoisotopic (exact) mass is 521 g/mol. The molecule has 0 radical (unpaired) electrons. The van der Waals surface area contributed by atoms with Crippen LogP contribution in [0.3, 0.4) is 0 Å². The number of carbonyl (C=O) groups excluding carboxylic acids is 1. The fourth-order valence-electron chi connectivity index (χ4n) is 4.04. The average Bonchev–Trinajstić information content (AvgIpc) is 3.09. The van der Waals surface area contributed by atoms with Gasteiger partial charge in [-0.1, -0.05) is 18.2 Å². The summed E-state index contributed by atoms with van der Waals surface area (Å²) in [4.78, 5) is 28.3. The first-order valence-electron chi connectivity index (χ1n) is 10.5. The molecule has 2 aromatic carbocycles. The average molecular weight is 521 g/mol. The first kappa shape index (κ1) is 25.2. The van der Waals surface area contributed by atoms with E-state index >= 15 is 0 Å². The van der Waals surface area contributed by atoms with Crippen molar-refractivity contribution in [3.8, 4) is 11.1 Å². The van der Waals surface area contributed by atoms with Crippen molar-refractivity contribution < 1.29 is 30.8 Å². The number of pyridine rings is 1. The summed E-state index contributed by atoms with van der Waals surface area (Å²) >= 11 is 0. The highest BCUT2D eigenvalue weighted by molar-refractivity contribution is 7.89. The minimum absolute atomic E-state index is 0.0702. The lowest BCUT2D eigenvalue weighted by molar-refractivity contribution is -0.137. The molecule has 0 saturated heterocycles. The van der Waals surface area contributed by atoms with Crippen LogP contribution in [-0.2, 0) is 22.7 Å². The van der Waals surface area contributed by atoms with Gasteiger partial charge in [0.05, 0.1) is 18.4 Å². The van der Waals surface area contributed by atoms with Crippen molar-refractivity contribution in [2.45, 2.75) is 19.6 Å². The number of alkyl halides is 3. The maximum absolute atomic E-state index is 14.9. The molecule has 1 amide bonds. The van der Waals surface area contributed by atoms with E-state index in [1.807, 2.05) is 4.72 Å². The molecule has 2 heterocycles. The van der Waals surface area contributed by atoms with Crippen molar-refractivity contribution in [2.75, 3.05) is 6.26 Å². The molecule has 188 valence electrons. The zero-order valence-electron chi connectivity index (χ0n) is 18.9. The summed E-state index contributed by atoms with van der Waals surface area (Å²) in [5.74, 6) is -1.78. The van der Waals surface area contributed by atoms with Crippen LogP contribution in [0.4, 0.5) is 17.6 Å². The fraction of sp³-hybridized carbons (Fsp3) is 0.167. The molecule has 4 aromatic rings. The van der Waals surface area contributed by atoms with Gasteiger partial charge >= 0.3 is 6.18 Å². The number of nitrogens with zero attached hydrogens (tertiary/aromatic N) is 1. The van der Waals surface area contributed by atoms with E-state index in [0.29, 0.717) is 5.56 Å². The van der Waals surface area contributed by atoms with E-state index in [0.717, 1.165) is 24.5 Å². The Morgan fingerprint density at radius 3 is 2.47 bits per heavy atom. The molecule has 7 nitrogen and oxygen atoms in total. The maximum atomic E-state index is 14.9. The second-order valence-corrected chi connectivity index (χ2v) is 9.95. The third-order valence-corrected chi connectivity index (χ3v) is 6.13. The van der Waals surface area contributed by atoms with E-state index in [4.69, 9.17) is 0 Å². The molecule has 36 heavy (non-hydrogen) atoms. The summed E-state index contributed by atoms with van der Waals surface area (Å²) in [7, 11) is -4.11. The number of aromatic amines is 1. The lowest BCUT2D eigenvalue weighted by atomic mass is 10.0. The van der Waals surface area contributed by atoms with Crippen LogP contribution in [0.2, 0.25) is 0 Å². The Balaban J connectivity index is 2.14. The standard InChI is InChI=1S/C24H19F4N3O4S/c1-13-5-3-6-14(20(13)25)12-31-18-9-8-15(24(26,27)28)11-17(18)19(16-7-4-10-29-22(16)32)21(31)23(33)30-36(2,34)35/h3-11H,12H2,1-2H3,(H,29,32)(H,30,33). The highest BCUT2D eigenvalue weighted by atomic mass is 32.2. The third kappa shape index (κ3) is 4.76. The summed E-state index contributed by atoms with van der Waals surface area (Å²) in [6.45, 7) is 1.20. The zero-order chi connectivity index (χ0) is 26.4. The lowest BCUT2D eigenvalue weighted by Gasteiger charge is -2.13. The topological polar surface area (TPSA) is 101 Å². The number of carbonyl (C=O) groups is 1. The molecule has 0 fully saturated rings. The SMILES string of the molecule is Cc1cccc(Cn2c(C(=O)NS(C)(=O)=O)c(-c3ccc[nH]c3=O)c3cc(C(F)(F)F)ccc32)c1F. The molecule has 0 bridgehead atoms. The molecule has 0 aliphatic heterocycles. The van der Waals surface area contributed by atoms with Gasteiger partial charge in [-0.3, -0.25) is 9.59 Å². The van der Waals surface area contributed by atoms with Gasteiger partial charge in [-0.15, -0.1) is 0 Å². The Labute approximate surface area is 202 Å². The number of nitrogens with one attached hydrogen (secondary N) is 2. The van der Waals surface area contributed by atoms with Crippen LogP contribution in [0, 0.1) is 12.7 Å². The molecule has 2 N–H and O–H groups in total. The second-order valence-electron chi connectivity index (χ2n) is 8.20. The quantitative estimate of drug-likeness (QED) is 0.385. The van der Waals surface area contributed by atoms with Gasteiger partial charge in [0.1, 0.15) is 11.5 Å². The van der Waals surface area contributed by atoms with E-state index in [1.54, 1.807) is 6.07 Å². The van der Waals surface area contributed by atoms with E-state index in [9.17, 15) is 35.6 Å². The number of halogens is 4. The number of aryl methyl sites for hydroxylation is 1. The van der Waals surface area contributed by atoms with Gasteiger partial charge in [-0.05, 0) is 42.8 Å². The number of aromatic nitrogens is 2. The Morgan fingerprint density at radius 2 is 1.83 bits per heavy atom. The first-order chi connectivity index (χ1) is 16.8. The Bertz CT molecular complexity index is 1670. The van der Waals surface area contributed by atoms with Crippen molar-refractivity contribution in [3.63, 3.8) is 0 Å². The number of hydrogen-bond donors (Lipinski definition) is 2. The summed E-state index contributed by atoms with van der Waals surface area (Å²) in [5.41, 5.74) is -2.08. The molecular weight excluding hydrogens is 502 g/mol. The van der Waals surface area contributed by atoms with Crippen molar-refractivity contribution in [2.24, 2.45) is 0 Å². The molecule has 0 saturated carbocycles. The largest absolute Gasteiger partial charge is 0.416 e. The lowest BCUT2D eigenvalue weighted by Crippen LogP contribution is -2.32. The van der Waals surface area contributed by atoms with Gasteiger partial charge in [-0.2, -0.15) is 13.2 Å². The van der Waals surface area contributed by atoms with Crippen LogP contribution in [-0.4, -0.2) is 30.1 Å². The fourth-order valence-corrected chi connectivity index (χ4v) is 4.47. The van der Waals surface area contributed by atoms with Gasteiger partial charge < -0.3 is 9.55 Å². The van der Waals surface area contributed by atoms with Gasteiger partial charge in [0.15, 0.2) is 0 Å². The summed E-state index contributed by atoms with van der Waals surface area (Å²) in [6, 6.07) is 9.90. The van der Waals surface area contributed by atoms with Crippen molar-refractivity contribution in [1.29, 1.82) is 0 Å². The van der Waals surface area contributed by atoms with Gasteiger partial charge in [0.25, 0.3) is 11.5 Å². The number of sulfonamides is 1. The third-order valence-electron chi connectivity index (χ3n) is 5.57. The van der Waals surface area contributed by atoms with Crippen LogP contribution < -0.4 is 10.3 Å². The smallest absolute Gasteiger partial charge is 0.331 e. The van der Waals surface area contributed by atoms with E-state index in [-0.39, 0.29) is 34.1 Å². The van der Waals surface area contributed by atoms with Crippen molar-refractivity contribution >= 4 is 26.8 Å². The Morgan fingerprint density at radius 1 is 1.11 bits per heavy atom. The number of hydrogen-bond acceptors (Lipinski definition) is 4. The Hall–Kier alpha value is -3.93. The summed E-state index contributed by atoms with van der Waals surface area (Å²) < 4.78 is 82.4.